The molecular weight excluding hydrogens is 437 g/mol. The summed E-state index contributed by atoms with van der Waals surface area (Å²) in [6.07, 6.45) is 1.97. The van der Waals surface area contributed by atoms with E-state index in [4.69, 9.17) is 5.14 Å². The largest absolute Gasteiger partial charge is 0.393 e. The molecule has 0 unspecified atom stereocenters. The molecular formula is C21H28FN5O4S. The molecule has 0 bridgehead atoms. The van der Waals surface area contributed by atoms with E-state index in [0.29, 0.717) is 12.8 Å². The Labute approximate surface area is 186 Å². The van der Waals surface area contributed by atoms with Gasteiger partial charge in [-0.05, 0) is 35.8 Å². The summed E-state index contributed by atoms with van der Waals surface area (Å²) in [4.78, 5) is 8.12. The minimum atomic E-state index is -4.09. The van der Waals surface area contributed by atoms with Crippen LogP contribution in [-0.2, 0) is 19.9 Å². The summed E-state index contributed by atoms with van der Waals surface area (Å²) in [5.41, 5.74) is 2.33. The third kappa shape index (κ3) is 4.85. The molecule has 1 heterocycles. The van der Waals surface area contributed by atoms with Crippen molar-refractivity contribution < 1.29 is 22.1 Å². The normalized spacial score (nSPS) is 26.7. The number of aromatic nitrogens is 2. The summed E-state index contributed by atoms with van der Waals surface area (Å²) in [6.45, 7) is 4.10. The Morgan fingerprint density at radius 3 is 2.62 bits per heavy atom. The van der Waals surface area contributed by atoms with Crippen LogP contribution in [0.15, 0.2) is 30.6 Å². The SMILES string of the molecule is CC1(C)C[C@H](Nc2ncnc(N[C@@H]3C[C@@H](COS(N)(=O)=O)[C@@H](O)C3)c2F)c2ccccc21. The van der Waals surface area contributed by atoms with Crippen LogP contribution in [-0.4, -0.2) is 42.2 Å². The lowest BCUT2D eigenvalue weighted by molar-refractivity contribution is 0.101. The lowest BCUT2D eigenvalue weighted by atomic mass is 9.86. The summed E-state index contributed by atoms with van der Waals surface area (Å²) in [5, 5.41) is 21.3. The molecule has 4 atom stereocenters. The highest BCUT2D eigenvalue weighted by Gasteiger charge is 2.38. The maximum Gasteiger partial charge on any atom is 0.333 e. The fraction of sp³-hybridized carbons (Fsp3) is 0.524. The van der Waals surface area contributed by atoms with Gasteiger partial charge in [-0.25, -0.2) is 15.1 Å². The number of aliphatic hydroxyl groups is 1. The number of rotatable bonds is 7. The maximum atomic E-state index is 15.2. The number of nitrogens with one attached hydrogen (secondary N) is 2. The van der Waals surface area contributed by atoms with Gasteiger partial charge >= 0.3 is 10.3 Å². The first-order valence-electron chi connectivity index (χ1n) is 10.5. The van der Waals surface area contributed by atoms with Crippen LogP contribution >= 0.6 is 0 Å². The van der Waals surface area contributed by atoms with Gasteiger partial charge in [0, 0.05) is 12.0 Å². The average molecular weight is 466 g/mol. The predicted octanol–water partition coefficient (Wildman–Crippen LogP) is 2.22. The first-order chi connectivity index (χ1) is 15.0. The average Bonchev–Trinajstić information content (AvgIpc) is 3.19. The van der Waals surface area contributed by atoms with E-state index in [2.05, 4.69) is 44.7 Å². The van der Waals surface area contributed by atoms with Crippen LogP contribution in [0.4, 0.5) is 16.0 Å². The maximum absolute atomic E-state index is 15.2. The monoisotopic (exact) mass is 465 g/mol. The van der Waals surface area contributed by atoms with E-state index in [-0.39, 0.29) is 35.7 Å². The predicted molar refractivity (Wildman–Crippen MR) is 118 cm³/mol. The summed E-state index contributed by atoms with van der Waals surface area (Å²) in [6, 6.07) is 7.74. The van der Waals surface area contributed by atoms with Gasteiger partial charge < -0.3 is 15.7 Å². The number of benzene rings is 1. The molecule has 1 aromatic heterocycles. The summed E-state index contributed by atoms with van der Waals surface area (Å²) < 4.78 is 41.8. The summed E-state index contributed by atoms with van der Waals surface area (Å²) in [5.74, 6) is -0.912. The van der Waals surface area contributed by atoms with E-state index in [1.807, 2.05) is 18.2 Å². The number of halogens is 1. The molecule has 4 rings (SSSR count). The highest BCUT2D eigenvalue weighted by atomic mass is 32.2. The van der Waals surface area contributed by atoms with Crippen molar-refractivity contribution in [3.8, 4) is 0 Å². The van der Waals surface area contributed by atoms with Crippen molar-refractivity contribution >= 4 is 21.9 Å². The second-order valence-corrected chi connectivity index (χ2v) is 10.4. The number of anilines is 2. The standard InChI is InChI=1S/C21H28FN5O4S/c1-21(2)9-16(14-5-3-4-6-15(14)21)27-20-18(22)19(24-11-25-20)26-13-7-12(17(28)8-13)10-31-32(23,29)30/h3-6,11-13,16-17,28H,7-10H2,1-2H3,(H2,23,29,30)(H2,24,25,26,27)/t12-,13+,16-,17-/m0/s1. The second kappa shape index (κ2) is 8.54. The molecule has 1 saturated carbocycles. The van der Waals surface area contributed by atoms with Gasteiger partial charge in [-0.1, -0.05) is 38.1 Å². The van der Waals surface area contributed by atoms with Crippen LogP contribution < -0.4 is 15.8 Å². The molecule has 11 heteroatoms. The van der Waals surface area contributed by atoms with Gasteiger partial charge in [-0.2, -0.15) is 12.8 Å². The molecule has 32 heavy (non-hydrogen) atoms. The third-order valence-electron chi connectivity index (χ3n) is 6.32. The van der Waals surface area contributed by atoms with E-state index < -0.39 is 28.1 Å². The van der Waals surface area contributed by atoms with Gasteiger partial charge in [0.25, 0.3) is 0 Å². The smallest absolute Gasteiger partial charge is 0.333 e. The Morgan fingerprint density at radius 2 is 1.91 bits per heavy atom. The zero-order valence-electron chi connectivity index (χ0n) is 18.0. The Bertz CT molecular complexity index is 1100. The first-order valence-corrected chi connectivity index (χ1v) is 12.0. The minimum absolute atomic E-state index is 0.0262. The first kappa shape index (κ1) is 22.8. The van der Waals surface area contributed by atoms with Crippen molar-refractivity contribution in [1.82, 2.24) is 9.97 Å². The van der Waals surface area contributed by atoms with Gasteiger partial charge in [-0.3, -0.25) is 4.18 Å². The zero-order valence-corrected chi connectivity index (χ0v) is 18.8. The quantitative estimate of drug-likeness (QED) is 0.488. The van der Waals surface area contributed by atoms with Gasteiger partial charge in [0.05, 0.1) is 18.8 Å². The van der Waals surface area contributed by atoms with Crippen molar-refractivity contribution in [3.63, 3.8) is 0 Å². The Balaban J connectivity index is 1.45. The molecule has 5 N–H and O–H groups in total. The molecule has 2 aromatic rings. The highest BCUT2D eigenvalue weighted by molar-refractivity contribution is 7.84. The molecule has 9 nitrogen and oxygen atoms in total. The lowest BCUT2D eigenvalue weighted by Gasteiger charge is -2.20. The molecule has 174 valence electrons. The number of hydrogen-bond acceptors (Lipinski definition) is 8. The van der Waals surface area contributed by atoms with Crippen molar-refractivity contribution in [2.24, 2.45) is 11.1 Å². The molecule has 1 aromatic carbocycles. The molecule has 0 radical (unpaired) electrons. The number of aliphatic hydroxyl groups excluding tert-OH is 1. The van der Waals surface area contributed by atoms with E-state index in [1.165, 1.54) is 11.9 Å². The van der Waals surface area contributed by atoms with Crippen LogP contribution in [0.2, 0.25) is 0 Å². The van der Waals surface area contributed by atoms with E-state index in [1.54, 1.807) is 0 Å². The molecule has 2 aliphatic rings. The minimum Gasteiger partial charge on any atom is -0.393 e. The number of hydrogen-bond donors (Lipinski definition) is 4. The van der Waals surface area contributed by atoms with Crippen molar-refractivity contribution in [2.75, 3.05) is 17.2 Å². The number of nitrogens with zero attached hydrogens (tertiary/aromatic N) is 2. The summed E-state index contributed by atoms with van der Waals surface area (Å²) in [7, 11) is -4.09. The molecule has 0 spiro atoms. The molecule has 1 fully saturated rings. The topological polar surface area (TPSA) is 139 Å². The fourth-order valence-corrected chi connectivity index (χ4v) is 5.15. The number of nitrogens with two attached hydrogens (primary N) is 1. The van der Waals surface area contributed by atoms with Gasteiger partial charge in [0.1, 0.15) is 6.33 Å². The van der Waals surface area contributed by atoms with Crippen LogP contribution in [0.5, 0.6) is 0 Å². The summed E-state index contributed by atoms with van der Waals surface area (Å²) >= 11 is 0. The van der Waals surface area contributed by atoms with Crippen LogP contribution in [0, 0.1) is 11.7 Å². The molecule has 0 amide bonds. The van der Waals surface area contributed by atoms with E-state index >= 15 is 4.39 Å². The Kier molecular flexibility index (Phi) is 6.10. The van der Waals surface area contributed by atoms with E-state index in [0.717, 1.165) is 12.0 Å². The van der Waals surface area contributed by atoms with Crippen LogP contribution in [0.3, 0.4) is 0 Å². The van der Waals surface area contributed by atoms with Crippen molar-refractivity contribution in [1.29, 1.82) is 0 Å². The highest BCUT2D eigenvalue weighted by Crippen LogP contribution is 2.45. The Morgan fingerprint density at radius 1 is 1.22 bits per heavy atom. The zero-order chi connectivity index (χ0) is 23.1. The Hall–Kier alpha value is -2.34. The van der Waals surface area contributed by atoms with Crippen LogP contribution in [0.25, 0.3) is 0 Å². The molecule has 0 saturated heterocycles. The van der Waals surface area contributed by atoms with Crippen molar-refractivity contribution in [2.45, 2.75) is 56.7 Å². The fourth-order valence-electron chi connectivity index (χ4n) is 4.79. The van der Waals surface area contributed by atoms with Gasteiger partial charge in [0.15, 0.2) is 11.6 Å². The van der Waals surface area contributed by atoms with Crippen molar-refractivity contribution in [3.05, 3.63) is 47.5 Å². The van der Waals surface area contributed by atoms with E-state index in [9.17, 15) is 13.5 Å². The lowest BCUT2D eigenvalue weighted by Crippen LogP contribution is -2.24. The van der Waals surface area contributed by atoms with Gasteiger partial charge in [-0.15, -0.1) is 0 Å². The second-order valence-electron chi connectivity index (χ2n) is 9.17. The number of fused-ring (bicyclic) bond motifs is 1. The molecule has 2 aliphatic carbocycles. The van der Waals surface area contributed by atoms with Crippen LogP contribution in [0.1, 0.15) is 50.3 Å². The third-order valence-corrected chi connectivity index (χ3v) is 6.79. The molecule has 0 aliphatic heterocycles. The van der Waals surface area contributed by atoms with Gasteiger partial charge in [0.2, 0.25) is 5.82 Å².